The van der Waals surface area contributed by atoms with E-state index in [0.717, 1.165) is 42.9 Å². The lowest BCUT2D eigenvalue weighted by Gasteiger charge is -2.17. The number of likely N-dealkylation sites (tertiary alicyclic amines) is 1. The fourth-order valence-electron chi connectivity index (χ4n) is 3.69. The molecule has 1 saturated heterocycles. The number of carbonyl (C=O) groups is 1. The van der Waals surface area contributed by atoms with Gasteiger partial charge in [-0.05, 0) is 50.5 Å². The van der Waals surface area contributed by atoms with Crippen LogP contribution in [-0.2, 0) is 6.42 Å². The van der Waals surface area contributed by atoms with Crippen LogP contribution in [-0.4, -0.2) is 38.4 Å². The average molecular weight is 389 g/mol. The maximum absolute atomic E-state index is 12.6. The number of halogens is 1. The van der Waals surface area contributed by atoms with Crippen molar-refractivity contribution in [1.82, 2.24) is 19.4 Å². The lowest BCUT2D eigenvalue weighted by Crippen LogP contribution is -2.28. The quantitative estimate of drug-likeness (QED) is 0.664. The predicted octanol–water partition coefficient (Wildman–Crippen LogP) is 4.43. The van der Waals surface area contributed by atoms with Crippen LogP contribution in [0.25, 0.3) is 11.2 Å². The Hall–Kier alpha value is -1.92. The monoisotopic (exact) mass is 388 g/mol. The van der Waals surface area contributed by atoms with Crippen LogP contribution in [0.5, 0.6) is 0 Å². The number of hydrogen-bond donors (Lipinski definition) is 0. The van der Waals surface area contributed by atoms with Crippen LogP contribution in [0, 0.1) is 5.92 Å². The minimum atomic E-state index is 0.0865. The van der Waals surface area contributed by atoms with Gasteiger partial charge in [-0.1, -0.05) is 11.6 Å². The Morgan fingerprint density at radius 2 is 2.23 bits per heavy atom. The van der Waals surface area contributed by atoms with Gasteiger partial charge in [-0.25, -0.2) is 9.97 Å². The first-order chi connectivity index (χ1) is 12.5. The number of hydrogen-bond acceptors (Lipinski definition) is 4. The molecule has 136 valence electrons. The number of thiophene rings is 1. The van der Waals surface area contributed by atoms with E-state index in [-0.39, 0.29) is 5.91 Å². The molecule has 0 bridgehead atoms. The van der Waals surface area contributed by atoms with Crippen molar-refractivity contribution in [3.63, 3.8) is 0 Å². The summed E-state index contributed by atoms with van der Waals surface area (Å²) in [5.41, 5.74) is 1.88. The third-order valence-electron chi connectivity index (χ3n) is 4.87. The van der Waals surface area contributed by atoms with Crippen molar-refractivity contribution in [2.75, 3.05) is 13.1 Å². The molecule has 0 N–H and O–H groups in total. The lowest BCUT2D eigenvalue weighted by atomic mass is 10.0. The second-order valence-electron chi connectivity index (χ2n) is 7.05. The van der Waals surface area contributed by atoms with Gasteiger partial charge in [0.15, 0.2) is 5.65 Å². The maximum Gasteiger partial charge on any atom is 0.263 e. The van der Waals surface area contributed by atoms with Gasteiger partial charge in [-0.2, -0.15) is 0 Å². The van der Waals surface area contributed by atoms with E-state index in [1.165, 1.54) is 11.3 Å². The zero-order valence-electron chi connectivity index (χ0n) is 14.9. The van der Waals surface area contributed by atoms with Crippen LogP contribution in [0.4, 0.5) is 0 Å². The van der Waals surface area contributed by atoms with E-state index in [4.69, 9.17) is 16.6 Å². The van der Waals surface area contributed by atoms with Crippen molar-refractivity contribution >= 4 is 40.0 Å². The molecule has 0 saturated carbocycles. The lowest BCUT2D eigenvalue weighted by molar-refractivity contribution is 0.0791. The molecular weight excluding hydrogens is 368 g/mol. The molecule has 0 aromatic carbocycles. The molecule has 1 atom stereocenters. The second-order valence-corrected chi connectivity index (χ2v) is 8.77. The van der Waals surface area contributed by atoms with Gasteiger partial charge in [0.1, 0.15) is 11.3 Å². The molecule has 5 nitrogen and oxygen atoms in total. The van der Waals surface area contributed by atoms with E-state index in [1.807, 2.05) is 29.3 Å². The molecule has 1 aliphatic heterocycles. The third-order valence-corrected chi connectivity index (χ3v) is 6.09. The number of nitrogens with zero attached hydrogens (tertiary/aromatic N) is 4. The molecule has 0 radical (unpaired) electrons. The van der Waals surface area contributed by atoms with Crippen molar-refractivity contribution in [3.8, 4) is 0 Å². The van der Waals surface area contributed by atoms with Crippen LogP contribution in [0.1, 0.15) is 41.8 Å². The Labute approximate surface area is 161 Å². The number of carbonyl (C=O) groups excluding carboxylic acids is 1. The fourth-order valence-corrected chi connectivity index (χ4v) is 4.70. The average Bonchev–Trinajstić information content (AvgIpc) is 3.32. The van der Waals surface area contributed by atoms with Gasteiger partial charge in [0, 0.05) is 31.7 Å². The Balaban J connectivity index is 1.51. The van der Waals surface area contributed by atoms with E-state index in [9.17, 15) is 4.79 Å². The Bertz CT molecular complexity index is 948. The first-order valence-corrected chi connectivity index (χ1v) is 10.1. The highest BCUT2D eigenvalue weighted by molar-refractivity contribution is 7.17. The zero-order valence-corrected chi connectivity index (χ0v) is 16.4. The van der Waals surface area contributed by atoms with Gasteiger partial charge in [0.25, 0.3) is 5.91 Å². The second kappa shape index (κ2) is 7.00. The van der Waals surface area contributed by atoms with Crippen molar-refractivity contribution in [2.24, 2.45) is 5.92 Å². The largest absolute Gasteiger partial charge is 0.338 e. The van der Waals surface area contributed by atoms with Crippen LogP contribution in [0.3, 0.4) is 0 Å². The van der Waals surface area contributed by atoms with Crippen molar-refractivity contribution < 1.29 is 4.79 Å². The Morgan fingerprint density at radius 1 is 1.38 bits per heavy atom. The van der Waals surface area contributed by atoms with Crippen LogP contribution in [0.2, 0.25) is 4.34 Å². The summed E-state index contributed by atoms with van der Waals surface area (Å²) < 4.78 is 2.88. The van der Waals surface area contributed by atoms with Crippen LogP contribution < -0.4 is 0 Å². The summed E-state index contributed by atoms with van der Waals surface area (Å²) in [6, 6.07) is 7.83. The summed E-state index contributed by atoms with van der Waals surface area (Å²) in [5.74, 6) is 1.57. The topological polar surface area (TPSA) is 51.0 Å². The van der Waals surface area contributed by atoms with Crippen LogP contribution >= 0.6 is 22.9 Å². The molecular formula is C19H21ClN4OS. The van der Waals surface area contributed by atoms with Gasteiger partial charge in [0.05, 0.1) is 9.21 Å². The van der Waals surface area contributed by atoms with E-state index in [0.29, 0.717) is 21.2 Å². The number of amides is 1. The van der Waals surface area contributed by atoms with Gasteiger partial charge >= 0.3 is 0 Å². The van der Waals surface area contributed by atoms with Crippen LogP contribution in [0.15, 0.2) is 30.5 Å². The van der Waals surface area contributed by atoms with Crippen molar-refractivity contribution in [1.29, 1.82) is 0 Å². The van der Waals surface area contributed by atoms with Crippen molar-refractivity contribution in [3.05, 3.63) is 45.5 Å². The van der Waals surface area contributed by atoms with Crippen molar-refractivity contribution in [2.45, 2.75) is 32.7 Å². The molecule has 7 heteroatoms. The first-order valence-electron chi connectivity index (χ1n) is 8.89. The first kappa shape index (κ1) is 17.5. The predicted molar refractivity (Wildman–Crippen MR) is 105 cm³/mol. The fraction of sp³-hybridized carbons (Fsp3) is 0.421. The van der Waals surface area contributed by atoms with Gasteiger partial charge in [-0.15, -0.1) is 11.3 Å². The summed E-state index contributed by atoms with van der Waals surface area (Å²) >= 11 is 7.31. The number of rotatable bonds is 4. The maximum atomic E-state index is 12.6. The van der Waals surface area contributed by atoms with E-state index < -0.39 is 0 Å². The highest BCUT2D eigenvalue weighted by atomic mass is 35.5. The van der Waals surface area contributed by atoms with E-state index >= 15 is 0 Å². The number of aromatic nitrogens is 3. The summed E-state index contributed by atoms with van der Waals surface area (Å²) in [5, 5.41) is 0. The molecule has 0 unspecified atom stereocenters. The normalized spacial score (nSPS) is 17.5. The minimum Gasteiger partial charge on any atom is -0.338 e. The molecule has 4 heterocycles. The number of fused-ring (bicyclic) bond motifs is 1. The van der Waals surface area contributed by atoms with Gasteiger partial charge < -0.3 is 9.47 Å². The summed E-state index contributed by atoms with van der Waals surface area (Å²) in [6.45, 7) is 5.87. The third kappa shape index (κ3) is 3.23. The highest BCUT2D eigenvalue weighted by Gasteiger charge is 2.29. The molecule has 0 aliphatic carbocycles. The molecule has 1 aliphatic rings. The molecule has 3 aromatic rings. The SMILES string of the molecule is CC(C)n1c(C[C@@H]2CCN(C(=O)c3ccc(Cl)s3)C2)nc2cccnc21. The van der Waals surface area contributed by atoms with E-state index in [2.05, 4.69) is 23.4 Å². The summed E-state index contributed by atoms with van der Waals surface area (Å²) in [4.78, 5) is 24.6. The highest BCUT2D eigenvalue weighted by Crippen LogP contribution is 2.28. The summed E-state index contributed by atoms with van der Waals surface area (Å²) in [6.07, 6.45) is 3.68. The van der Waals surface area contributed by atoms with E-state index in [1.54, 1.807) is 6.07 Å². The molecule has 0 spiro atoms. The van der Waals surface area contributed by atoms with Gasteiger partial charge in [-0.3, -0.25) is 4.79 Å². The molecule has 1 fully saturated rings. The standard InChI is InChI=1S/C19H21ClN4OS/c1-12(2)24-17(22-14-4-3-8-21-18(14)24)10-13-7-9-23(11-13)19(25)15-5-6-16(20)26-15/h3-6,8,12-13H,7,9-11H2,1-2H3/t13-/m0/s1. The number of imidazole rings is 1. The molecule has 4 rings (SSSR count). The molecule has 26 heavy (non-hydrogen) atoms. The smallest absolute Gasteiger partial charge is 0.263 e. The minimum absolute atomic E-state index is 0.0865. The summed E-state index contributed by atoms with van der Waals surface area (Å²) in [7, 11) is 0. The molecule has 1 amide bonds. The Morgan fingerprint density at radius 3 is 2.96 bits per heavy atom. The molecule has 3 aromatic heterocycles. The zero-order chi connectivity index (χ0) is 18.3. The van der Waals surface area contributed by atoms with Gasteiger partial charge in [0.2, 0.25) is 0 Å². The number of pyridine rings is 1. The Kier molecular flexibility index (Phi) is 4.71.